The van der Waals surface area contributed by atoms with E-state index in [2.05, 4.69) is 4.90 Å². The Kier molecular flexibility index (Phi) is 10.7. The van der Waals surface area contributed by atoms with Crippen molar-refractivity contribution in [2.24, 2.45) is 0 Å². The summed E-state index contributed by atoms with van der Waals surface area (Å²) in [7, 11) is 0.291. The molecule has 39 heavy (non-hydrogen) atoms. The van der Waals surface area contributed by atoms with Gasteiger partial charge in [-0.25, -0.2) is 13.4 Å². The number of thiazole rings is 1. The lowest BCUT2D eigenvalue weighted by molar-refractivity contribution is -0.0440. The van der Waals surface area contributed by atoms with Gasteiger partial charge in [0, 0.05) is 25.2 Å². The molecule has 214 valence electrons. The molecule has 2 atom stereocenters. The fourth-order valence-electron chi connectivity index (χ4n) is 4.53. The van der Waals surface area contributed by atoms with Gasteiger partial charge in [0.25, 0.3) is 5.91 Å². The van der Waals surface area contributed by atoms with Crippen LogP contribution in [0, 0.1) is 0 Å². The molecule has 0 saturated carbocycles. The van der Waals surface area contributed by atoms with Crippen LogP contribution in [0.2, 0.25) is 0 Å². The van der Waals surface area contributed by atoms with E-state index >= 15 is 0 Å². The Balaban J connectivity index is 0.00000420. The molecule has 1 saturated heterocycles. The third-order valence-electron chi connectivity index (χ3n) is 6.26. The van der Waals surface area contributed by atoms with Gasteiger partial charge >= 0.3 is 0 Å². The summed E-state index contributed by atoms with van der Waals surface area (Å²) in [5.74, 6) is 0.466. The molecule has 12 heteroatoms. The van der Waals surface area contributed by atoms with Crippen LogP contribution < -0.4 is 9.64 Å². The van der Waals surface area contributed by atoms with Gasteiger partial charge in [-0.3, -0.25) is 9.69 Å². The molecule has 2 aromatic carbocycles. The van der Waals surface area contributed by atoms with E-state index < -0.39 is 10.0 Å². The summed E-state index contributed by atoms with van der Waals surface area (Å²) in [4.78, 5) is 22.4. The number of fused-ring (bicyclic) bond motifs is 1. The predicted octanol–water partition coefficient (Wildman–Crippen LogP) is 4.51. The lowest BCUT2D eigenvalue weighted by Crippen LogP contribution is -2.48. The largest absolute Gasteiger partial charge is 0.492 e. The van der Waals surface area contributed by atoms with Gasteiger partial charge in [0.05, 0.1) is 28.4 Å². The Bertz CT molecular complexity index is 1350. The molecule has 3 aromatic rings. The van der Waals surface area contributed by atoms with Gasteiger partial charge in [-0.2, -0.15) is 4.31 Å². The fourth-order valence-corrected chi connectivity index (χ4v) is 7.13. The van der Waals surface area contributed by atoms with Crippen LogP contribution in [0.15, 0.2) is 47.4 Å². The summed E-state index contributed by atoms with van der Waals surface area (Å²) in [6, 6.07) is 12.0. The molecular formula is C27H37ClN4O5S2. The zero-order valence-electron chi connectivity index (χ0n) is 23.0. The summed E-state index contributed by atoms with van der Waals surface area (Å²) >= 11 is 1.44. The van der Waals surface area contributed by atoms with Crippen LogP contribution in [0.25, 0.3) is 10.2 Å². The molecule has 0 radical (unpaired) electrons. The van der Waals surface area contributed by atoms with Gasteiger partial charge in [0.15, 0.2) is 5.13 Å². The molecule has 1 aliphatic rings. The van der Waals surface area contributed by atoms with Crippen molar-refractivity contribution in [1.82, 2.24) is 14.2 Å². The second kappa shape index (κ2) is 13.4. The second-order valence-electron chi connectivity index (χ2n) is 9.75. The minimum Gasteiger partial charge on any atom is -0.492 e. The fraction of sp³-hybridized carbons (Fsp3) is 0.481. The first kappa shape index (κ1) is 31.3. The quantitative estimate of drug-likeness (QED) is 0.340. The SMILES string of the molecule is CCOc1cccc2sc(N(CCCN(C)C)C(=O)c3ccc(S(=O)(=O)N4CC(C)OC(C)C4)cc3)nc12.Cl. The molecule has 1 aliphatic heterocycles. The second-order valence-corrected chi connectivity index (χ2v) is 12.7. The lowest BCUT2D eigenvalue weighted by atomic mass is 10.2. The molecule has 0 N–H and O–H groups in total. The van der Waals surface area contributed by atoms with Crippen LogP contribution in [-0.2, 0) is 14.8 Å². The van der Waals surface area contributed by atoms with E-state index in [9.17, 15) is 13.2 Å². The van der Waals surface area contributed by atoms with Gasteiger partial charge < -0.3 is 14.4 Å². The highest BCUT2D eigenvalue weighted by Gasteiger charge is 2.32. The van der Waals surface area contributed by atoms with Crippen molar-refractivity contribution in [3.05, 3.63) is 48.0 Å². The maximum atomic E-state index is 13.7. The Labute approximate surface area is 241 Å². The van der Waals surface area contributed by atoms with Crippen molar-refractivity contribution in [3.63, 3.8) is 0 Å². The van der Waals surface area contributed by atoms with Gasteiger partial charge in [-0.1, -0.05) is 17.4 Å². The number of morpholine rings is 1. The lowest BCUT2D eigenvalue weighted by Gasteiger charge is -2.34. The van der Waals surface area contributed by atoms with E-state index in [1.54, 1.807) is 17.0 Å². The molecule has 2 heterocycles. The number of ether oxygens (including phenoxy) is 2. The number of nitrogens with zero attached hydrogens (tertiary/aromatic N) is 4. The van der Waals surface area contributed by atoms with E-state index in [4.69, 9.17) is 14.5 Å². The van der Waals surface area contributed by atoms with Crippen LogP contribution in [0.4, 0.5) is 5.13 Å². The first-order valence-electron chi connectivity index (χ1n) is 12.8. The van der Waals surface area contributed by atoms with Crippen LogP contribution in [-0.4, -0.2) is 87.6 Å². The Hall–Kier alpha value is -2.28. The highest BCUT2D eigenvalue weighted by molar-refractivity contribution is 7.89. The van der Waals surface area contributed by atoms with E-state index in [1.807, 2.05) is 53.1 Å². The van der Waals surface area contributed by atoms with Crippen molar-refractivity contribution in [2.45, 2.75) is 44.3 Å². The molecule has 1 aromatic heterocycles. The molecule has 0 bridgehead atoms. The standard InChI is InChI=1S/C27H36N4O5S2.ClH/c1-6-35-23-9-7-10-24-25(23)28-27(37-24)31(16-8-15-29(4)5)26(32)21-11-13-22(14-12-21)38(33,34)30-17-19(2)36-20(3)18-30;/h7,9-14,19-20H,6,8,15-18H2,1-5H3;1H. The third-order valence-corrected chi connectivity index (χ3v) is 9.15. The number of carbonyl (C=O) groups excluding carboxylic acids is 1. The first-order chi connectivity index (χ1) is 18.1. The zero-order chi connectivity index (χ0) is 27.4. The van der Waals surface area contributed by atoms with Gasteiger partial charge in [-0.05, 0) is 84.2 Å². The summed E-state index contributed by atoms with van der Waals surface area (Å²) in [5, 5.41) is 0.587. The van der Waals surface area contributed by atoms with E-state index in [0.717, 1.165) is 23.2 Å². The summed E-state index contributed by atoms with van der Waals surface area (Å²) in [5.41, 5.74) is 1.14. The van der Waals surface area contributed by atoms with Crippen molar-refractivity contribution < 1.29 is 22.7 Å². The van der Waals surface area contributed by atoms with Crippen molar-refractivity contribution in [2.75, 3.05) is 51.8 Å². The number of sulfonamides is 1. The zero-order valence-corrected chi connectivity index (χ0v) is 25.4. The number of halogens is 1. The number of rotatable bonds is 10. The van der Waals surface area contributed by atoms with Gasteiger partial charge in [0.1, 0.15) is 11.3 Å². The maximum absolute atomic E-state index is 13.7. The number of amides is 1. The highest BCUT2D eigenvalue weighted by Crippen LogP contribution is 2.35. The highest BCUT2D eigenvalue weighted by atomic mass is 35.5. The summed E-state index contributed by atoms with van der Waals surface area (Å²) in [6.07, 6.45) is 0.400. The van der Waals surface area contributed by atoms with Crippen molar-refractivity contribution in [3.8, 4) is 5.75 Å². The number of hydrogen-bond donors (Lipinski definition) is 0. The van der Waals surface area contributed by atoms with Crippen LogP contribution in [0.5, 0.6) is 5.75 Å². The smallest absolute Gasteiger partial charge is 0.260 e. The van der Waals surface area contributed by atoms with E-state index in [-0.39, 0.29) is 35.4 Å². The summed E-state index contributed by atoms with van der Waals surface area (Å²) < 4.78 is 40.3. The first-order valence-corrected chi connectivity index (χ1v) is 15.1. The normalized spacial score (nSPS) is 18.2. The minimum absolute atomic E-state index is 0. The van der Waals surface area contributed by atoms with Gasteiger partial charge in [-0.15, -0.1) is 12.4 Å². The third kappa shape index (κ3) is 7.27. The average Bonchev–Trinajstić information content (AvgIpc) is 3.31. The Morgan fingerprint density at radius 2 is 1.77 bits per heavy atom. The number of carbonyl (C=O) groups is 1. The van der Waals surface area contributed by atoms with Gasteiger partial charge in [0.2, 0.25) is 10.0 Å². The van der Waals surface area contributed by atoms with E-state index in [1.165, 1.54) is 27.8 Å². The topological polar surface area (TPSA) is 92.3 Å². The monoisotopic (exact) mass is 596 g/mol. The number of benzene rings is 2. The molecule has 4 rings (SSSR count). The van der Waals surface area contributed by atoms with Crippen LogP contribution in [0.3, 0.4) is 0 Å². The van der Waals surface area contributed by atoms with Crippen molar-refractivity contribution in [1.29, 1.82) is 0 Å². The molecule has 0 aliphatic carbocycles. The van der Waals surface area contributed by atoms with Crippen LogP contribution >= 0.6 is 23.7 Å². The number of hydrogen-bond acceptors (Lipinski definition) is 8. The maximum Gasteiger partial charge on any atom is 0.260 e. The molecule has 2 unspecified atom stereocenters. The molecule has 1 amide bonds. The Morgan fingerprint density at radius 3 is 2.38 bits per heavy atom. The predicted molar refractivity (Wildman–Crippen MR) is 158 cm³/mol. The minimum atomic E-state index is -3.70. The van der Waals surface area contributed by atoms with Crippen LogP contribution in [0.1, 0.15) is 37.6 Å². The van der Waals surface area contributed by atoms with Crippen molar-refractivity contribution >= 4 is 55.0 Å². The Morgan fingerprint density at radius 1 is 1.10 bits per heavy atom. The average molecular weight is 597 g/mol. The number of para-hydroxylation sites is 1. The molecule has 9 nitrogen and oxygen atoms in total. The number of aromatic nitrogens is 1. The molecule has 1 fully saturated rings. The molecule has 0 spiro atoms. The molecular weight excluding hydrogens is 560 g/mol. The van der Waals surface area contributed by atoms with E-state index in [0.29, 0.717) is 42.7 Å². The number of anilines is 1. The summed E-state index contributed by atoms with van der Waals surface area (Å²) in [6.45, 7) is 8.07.